The zero-order valence-corrected chi connectivity index (χ0v) is 14.7. The van der Waals surface area contributed by atoms with Crippen LogP contribution in [-0.2, 0) is 12.0 Å². The number of rotatable bonds is 3. The summed E-state index contributed by atoms with van der Waals surface area (Å²) in [4.78, 5) is 8.60. The van der Waals surface area contributed by atoms with Gasteiger partial charge in [-0.05, 0) is 32.7 Å². The number of aromatic nitrogens is 1. The Labute approximate surface area is 133 Å². The number of hydrogen-bond acceptors (Lipinski definition) is 4. The standard InChI is InChI=1S/C17H29N3S/c1-17(2,3)16-19-11-15(21-16)10-18-12-8-13-6-5-7-14(9-12)20(13)4/h11-14,18H,5-10H2,1-4H3. The second-order valence-electron chi connectivity index (χ2n) is 7.83. The largest absolute Gasteiger partial charge is 0.309 e. The fourth-order valence-electron chi connectivity index (χ4n) is 3.76. The maximum Gasteiger partial charge on any atom is 0.0981 e. The number of hydrogen-bond donors (Lipinski definition) is 1. The van der Waals surface area contributed by atoms with Gasteiger partial charge in [-0.15, -0.1) is 11.3 Å². The Morgan fingerprint density at radius 1 is 1.29 bits per heavy atom. The van der Waals surface area contributed by atoms with Crippen molar-refractivity contribution in [2.24, 2.45) is 0 Å². The van der Waals surface area contributed by atoms with E-state index in [0.717, 1.165) is 18.6 Å². The summed E-state index contributed by atoms with van der Waals surface area (Å²) in [6, 6.07) is 2.31. The Morgan fingerprint density at radius 2 is 1.95 bits per heavy atom. The van der Waals surface area contributed by atoms with Crippen molar-refractivity contribution in [2.45, 2.75) is 83.0 Å². The summed E-state index contributed by atoms with van der Waals surface area (Å²) >= 11 is 1.87. The van der Waals surface area contributed by atoms with Crippen molar-refractivity contribution in [3.8, 4) is 0 Å². The molecule has 2 bridgehead atoms. The lowest BCUT2D eigenvalue weighted by atomic mass is 9.82. The summed E-state index contributed by atoms with van der Waals surface area (Å²) < 4.78 is 0. The van der Waals surface area contributed by atoms with E-state index in [1.54, 1.807) is 0 Å². The van der Waals surface area contributed by atoms with E-state index in [2.05, 4.69) is 49.2 Å². The third kappa shape index (κ3) is 3.49. The molecule has 21 heavy (non-hydrogen) atoms. The van der Waals surface area contributed by atoms with Crippen molar-refractivity contribution in [1.82, 2.24) is 15.2 Å². The minimum absolute atomic E-state index is 0.174. The van der Waals surface area contributed by atoms with E-state index >= 15 is 0 Å². The maximum atomic E-state index is 4.59. The average molecular weight is 308 g/mol. The van der Waals surface area contributed by atoms with E-state index in [0.29, 0.717) is 6.04 Å². The van der Waals surface area contributed by atoms with Crippen molar-refractivity contribution < 1.29 is 0 Å². The van der Waals surface area contributed by atoms with Crippen LogP contribution in [0.2, 0.25) is 0 Å². The zero-order chi connectivity index (χ0) is 15.0. The molecule has 0 saturated carbocycles. The number of thiazole rings is 1. The molecule has 118 valence electrons. The Balaban J connectivity index is 1.55. The molecule has 4 heteroatoms. The second kappa shape index (κ2) is 5.98. The van der Waals surface area contributed by atoms with Gasteiger partial charge in [0.1, 0.15) is 0 Å². The number of nitrogens with one attached hydrogen (secondary N) is 1. The molecule has 2 fully saturated rings. The monoisotopic (exact) mass is 307 g/mol. The van der Waals surface area contributed by atoms with Gasteiger partial charge in [0.05, 0.1) is 5.01 Å². The van der Waals surface area contributed by atoms with E-state index in [1.807, 2.05) is 11.3 Å². The van der Waals surface area contributed by atoms with E-state index in [1.165, 1.54) is 42.0 Å². The Bertz CT molecular complexity index is 463. The molecule has 2 atom stereocenters. The van der Waals surface area contributed by atoms with Crippen LogP contribution >= 0.6 is 11.3 Å². The highest BCUT2D eigenvalue weighted by atomic mass is 32.1. The van der Waals surface area contributed by atoms with Crippen LogP contribution in [0.3, 0.4) is 0 Å². The van der Waals surface area contributed by atoms with Crippen molar-refractivity contribution in [3.05, 3.63) is 16.1 Å². The van der Waals surface area contributed by atoms with Crippen LogP contribution in [0, 0.1) is 0 Å². The number of fused-ring (bicyclic) bond motifs is 2. The molecule has 0 aromatic carbocycles. The van der Waals surface area contributed by atoms with E-state index < -0.39 is 0 Å². The summed E-state index contributed by atoms with van der Waals surface area (Å²) in [6.45, 7) is 7.70. The van der Waals surface area contributed by atoms with Crippen molar-refractivity contribution in [2.75, 3.05) is 7.05 Å². The lowest BCUT2D eigenvalue weighted by molar-refractivity contribution is 0.0483. The molecule has 0 aliphatic carbocycles. The minimum atomic E-state index is 0.174. The first-order chi connectivity index (χ1) is 9.93. The topological polar surface area (TPSA) is 28.2 Å². The molecule has 3 nitrogen and oxygen atoms in total. The molecule has 2 aliphatic heterocycles. The van der Waals surface area contributed by atoms with Gasteiger partial charge in [0.15, 0.2) is 0 Å². The zero-order valence-electron chi connectivity index (χ0n) is 13.9. The first-order valence-electron chi connectivity index (χ1n) is 8.34. The van der Waals surface area contributed by atoms with Crippen LogP contribution in [0.4, 0.5) is 0 Å². The van der Waals surface area contributed by atoms with Gasteiger partial charge >= 0.3 is 0 Å². The first kappa shape index (κ1) is 15.4. The van der Waals surface area contributed by atoms with Gasteiger partial charge in [-0.3, -0.25) is 0 Å². The molecule has 2 unspecified atom stereocenters. The minimum Gasteiger partial charge on any atom is -0.309 e. The van der Waals surface area contributed by atoms with Gasteiger partial charge < -0.3 is 10.2 Å². The Morgan fingerprint density at radius 3 is 2.52 bits per heavy atom. The third-order valence-corrected chi connectivity index (χ3v) is 6.52. The molecule has 0 spiro atoms. The molecule has 2 aliphatic rings. The van der Waals surface area contributed by atoms with Crippen molar-refractivity contribution in [3.63, 3.8) is 0 Å². The van der Waals surface area contributed by atoms with Crippen LogP contribution in [-0.4, -0.2) is 35.1 Å². The first-order valence-corrected chi connectivity index (χ1v) is 9.15. The van der Waals surface area contributed by atoms with Crippen LogP contribution < -0.4 is 5.32 Å². The van der Waals surface area contributed by atoms with Gasteiger partial charge in [0.2, 0.25) is 0 Å². The Kier molecular flexibility index (Phi) is 4.40. The predicted molar refractivity (Wildman–Crippen MR) is 89.9 cm³/mol. The van der Waals surface area contributed by atoms with E-state index in [4.69, 9.17) is 0 Å². The van der Waals surface area contributed by atoms with Crippen molar-refractivity contribution in [1.29, 1.82) is 0 Å². The SMILES string of the molecule is CN1C2CCCC1CC(NCc1cnc(C(C)(C)C)s1)C2. The average Bonchev–Trinajstić information content (AvgIpc) is 2.85. The molecular weight excluding hydrogens is 278 g/mol. The van der Waals surface area contributed by atoms with E-state index in [9.17, 15) is 0 Å². The van der Waals surface area contributed by atoms with Crippen LogP contribution in [0.5, 0.6) is 0 Å². The molecule has 1 aromatic rings. The lowest BCUT2D eigenvalue weighted by Gasteiger charge is -2.47. The molecule has 0 radical (unpaired) electrons. The summed E-state index contributed by atoms with van der Waals surface area (Å²) in [5, 5.41) is 5.05. The normalized spacial score (nSPS) is 30.6. The summed E-state index contributed by atoms with van der Waals surface area (Å²) in [6.07, 6.45) is 8.90. The predicted octanol–water partition coefficient (Wildman–Crippen LogP) is 3.55. The van der Waals surface area contributed by atoms with Crippen LogP contribution in [0.1, 0.15) is 62.8 Å². The van der Waals surface area contributed by atoms with E-state index in [-0.39, 0.29) is 5.41 Å². The summed E-state index contributed by atoms with van der Waals surface area (Å²) in [7, 11) is 2.32. The molecule has 2 saturated heterocycles. The molecule has 0 amide bonds. The van der Waals surface area contributed by atoms with Gasteiger partial charge in [-0.2, -0.15) is 0 Å². The number of nitrogens with zero attached hydrogens (tertiary/aromatic N) is 2. The van der Waals surface area contributed by atoms with Gasteiger partial charge in [0.25, 0.3) is 0 Å². The molecular formula is C17H29N3S. The fraction of sp³-hybridized carbons (Fsp3) is 0.824. The smallest absolute Gasteiger partial charge is 0.0981 e. The molecule has 3 rings (SSSR count). The summed E-state index contributed by atoms with van der Waals surface area (Å²) in [5.41, 5.74) is 0.174. The highest BCUT2D eigenvalue weighted by Crippen LogP contribution is 2.33. The second-order valence-corrected chi connectivity index (χ2v) is 8.95. The molecule has 1 N–H and O–H groups in total. The highest BCUT2D eigenvalue weighted by molar-refractivity contribution is 7.11. The summed E-state index contributed by atoms with van der Waals surface area (Å²) in [5.74, 6) is 0. The van der Waals surface area contributed by atoms with Gasteiger partial charge in [-0.1, -0.05) is 27.2 Å². The Hall–Kier alpha value is -0.450. The van der Waals surface area contributed by atoms with Crippen LogP contribution in [0.25, 0.3) is 0 Å². The fourth-order valence-corrected chi connectivity index (χ4v) is 4.68. The molecule has 3 heterocycles. The maximum absolute atomic E-state index is 4.59. The van der Waals surface area contributed by atoms with Crippen LogP contribution in [0.15, 0.2) is 6.20 Å². The quantitative estimate of drug-likeness (QED) is 0.925. The third-order valence-electron chi connectivity index (χ3n) is 5.10. The highest BCUT2D eigenvalue weighted by Gasteiger charge is 2.35. The van der Waals surface area contributed by atoms with Gasteiger partial charge in [-0.25, -0.2) is 4.98 Å². The van der Waals surface area contributed by atoms with Gasteiger partial charge in [0, 0.05) is 41.2 Å². The van der Waals surface area contributed by atoms with Crippen molar-refractivity contribution >= 4 is 11.3 Å². The molecule has 1 aromatic heterocycles. The number of piperidine rings is 2. The lowest BCUT2D eigenvalue weighted by Crippen LogP contribution is -2.54.